The van der Waals surface area contributed by atoms with Crippen LogP contribution in [0.25, 0.3) is 111 Å². The molecule has 0 unspecified atom stereocenters. The number of imidazole rings is 4. The van der Waals surface area contributed by atoms with Gasteiger partial charge in [-0.05, 0) is 188 Å². The maximum Gasteiger partial charge on any atom is 0.234 e. The van der Waals surface area contributed by atoms with Gasteiger partial charge in [-0.15, -0.1) is 90.7 Å². The molecule has 24 nitrogen and oxygen atoms in total. The first-order valence-electron chi connectivity index (χ1n) is 43.6. The van der Waals surface area contributed by atoms with Crippen molar-refractivity contribution in [1.82, 2.24) is 77.4 Å². The van der Waals surface area contributed by atoms with Crippen molar-refractivity contribution in [2.24, 2.45) is 11.8 Å². The van der Waals surface area contributed by atoms with Gasteiger partial charge in [-0.3, -0.25) is 32.2 Å². The third-order valence-electron chi connectivity index (χ3n) is 22.2. The Morgan fingerprint density at radius 3 is 1.20 bits per heavy atom. The van der Waals surface area contributed by atoms with E-state index in [9.17, 15) is 9.59 Å². The maximum absolute atomic E-state index is 11.8. The molecule has 0 saturated heterocycles. The number of amides is 2. The predicted molar refractivity (Wildman–Crippen MR) is 579 cm³/mol. The van der Waals surface area contributed by atoms with Crippen molar-refractivity contribution in [3.8, 4) is 79.2 Å². The summed E-state index contributed by atoms with van der Waals surface area (Å²) in [5.41, 5.74) is 29.2. The van der Waals surface area contributed by atoms with Crippen LogP contribution in [0.15, 0.2) is 280 Å². The van der Waals surface area contributed by atoms with E-state index >= 15 is 0 Å². The van der Waals surface area contributed by atoms with Crippen molar-refractivity contribution < 1.29 is 9.59 Å². The minimum absolute atomic E-state index is 0. The number of hydrogen-bond donors (Lipinski definition) is 6. The molecule has 0 spiro atoms. The number of thiazole rings is 8. The largest absolute Gasteiger partial charge is 0.332 e. The second-order valence-corrected chi connectivity index (χ2v) is 39.5. The Bertz CT molecular complexity index is 7720. The van der Waals surface area contributed by atoms with Crippen molar-refractivity contribution in [3.05, 3.63) is 331 Å². The number of carbonyl (C=O) groups is 2. The molecule has 696 valence electrons. The van der Waals surface area contributed by atoms with Crippen LogP contribution in [0.5, 0.6) is 0 Å². The number of anilines is 10. The summed E-state index contributed by atoms with van der Waals surface area (Å²) < 4.78 is 8.27. The number of fused-ring (bicyclic) bond motifs is 5. The lowest BCUT2D eigenvalue weighted by molar-refractivity contribution is -0.118. The molecule has 22 aromatic rings. The van der Waals surface area contributed by atoms with Crippen LogP contribution in [0.3, 0.4) is 0 Å². The summed E-state index contributed by atoms with van der Waals surface area (Å²) in [7, 11) is 0. The number of aromatic nitrogens is 16. The van der Waals surface area contributed by atoms with E-state index in [0.717, 1.165) is 181 Å². The second kappa shape index (κ2) is 43.7. The first-order valence-corrected chi connectivity index (χ1v) is 50.7. The smallest absolute Gasteiger partial charge is 0.234 e. The van der Waals surface area contributed by atoms with Crippen molar-refractivity contribution in [2.45, 2.75) is 110 Å². The molecule has 7 aromatic carbocycles. The molecule has 15 aromatic heterocycles. The maximum atomic E-state index is 11.8. The summed E-state index contributed by atoms with van der Waals surface area (Å²) >= 11 is 12.6. The molecule has 0 radical (unpaired) electrons. The lowest BCUT2D eigenvalue weighted by Gasteiger charge is -2.03. The van der Waals surface area contributed by atoms with Gasteiger partial charge in [-0.2, -0.15) is 0 Å². The Morgan fingerprint density at radius 1 is 0.312 bits per heavy atom. The molecule has 0 atom stereocenters. The molecule has 15 heterocycles. The van der Waals surface area contributed by atoms with E-state index < -0.39 is 0 Å². The fraction of sp³-hybridized carbons (Fsp3) is 0.170. The summed E-state index contributed by atoms with van der Waals surface area (Å²) in [4.78, 5) is 80.3. The minimum Gasteiger partial charge on any atom is -0.332 e. The van der Waals surface area contributed by atoms with Gasteiger partial charge in [-0.25, -0.2) is 54.8 Å². The SMILES string of the molecule is C.C.C.Cc1ccc(Nc2nc(-c3c(C)nc4cc(C)ccn34)cs2)cc1.Cc1ccc(Nc2nc(-c3c(C)nc4ncccn34)cs2)cc1.Cc1ccc(Nc2nc(-c3c(C)nc4sccn34)cs2)cc1.Cc1ccc(Nc2nc(-c3c(C)nc4sccn34)cs2)cn1.O=C(Nc1nc(-c2ccc(-c3ccccc3)cc2)cs1)C1CC1.O=C(Nc1nc(-c2ccc3ccccc3c2)cs1)C1CC1. The van der Waals surface area contributed by atoms with Gasteiger partial charge in [0.2, 0.25) is 17.6 Å². The molecule has 2 aliphatic rings. The van der Waals surface area contributed by atoms with Crippen molar-refractivity contribution in [3.63, 3.8) is 0 Å². The third-order valence-corrected chi connectivity index (χ3v) is 28.2. The highest BCUT2D eigenvalue weighted by Gasteiger charge is 2.32. The highest BCUT2D eigenvalue weighted by atomic mass is 32.1. The van der Waals surface area contributed by atoms with Gasteiger partial charge in [-0.1, -0.05) is 166 Å². The first kappa shape index (κ1) is 96.6. The monoisotopic (exact) mass is 1970 g/mol. The van der Waals surface area contributed by atoms with E-state index in [-0.39, 0.29) is 45.9 Å². The molecule has 138 heavy (non-hydrogen) atoms. The van der Waals surface area contributed by atoms with Crippen molar-refractivity contribution in [1.29, 1.82) is 0 Å². The zero-order valence-corrected chi connectivity index (χ0v) is 81.4. The van der Waals surface area contributed by atoms with E-state index in [1.165, 1.54) is 66.8 Å². The van der Waals surface area contributed by atoms with Crippen LogP contribution in [0.1, 0.15) is 98.7 Å². The number of nitrogens with zero attached hydrogens (tertiary/aromatic N) is 16. The highest BCUT2D eigenvalue weighted by Crippen LogP contribution is 2.39. The van der Waals surface area contributed by atoms with Gasteiger partial charge >= 0.3 is 0 Å². The minimum atomic E-state index is 0. The van der Waals surface area contributed by atoms with E-state index in [1.807, 2.05) is 139 Å². The predicted octanol–water partition coefficient (Wildman–Crippen LogP) is 29.5. The Labute approximate surface area is 832 Å². The van der Waals surface area contributed by atoms with Gasteiger partial charge in [0.25, 0.3) is 0 Å². The molecule has 2 aliphatic carbocycles. The van der Waals surface area contributed by atoms with Gasteiger partial charge < -0.3 is 31.9 Å². The number of rotatable bonds is 19. The average Bonchev–Trinajstić information content (AvgIpc) is 1.64. The lowest BCUT2D eigenvalue weighted by Crippen LogP contribution is -2.12. The molecule has 2 saturated carbocycles. The van der Waals surface area contributed by atoms with Crippen LogP contribution < -0.4 is 31.9 Å². The molecule has 6 N–H and O–H groups in total. The summed E-state index contributed by atoms with van der Waals surface area (Å²) in [6.07, 6.45) is 15.7. The first-order chi connectivity index (χ1) is 65.8. The molecule has 2 amide bonds. The van der Waals surface area contributed by atoms with Crippen LogP contribution >= 0.6 is 90.7 Å². The lowest BCUT2D eigenvalue weighted by atomic mass is 10.0. The third kappa shape index (κ3) is 23.3. The highest BCUT2D eigenvalue weighted by molar-refractivity contribution is 7.16. The van der Waals surface area contributed by atoms with Gasteiger partial charge in [0.05, 0.1) is 68.8 Å². The van der Waals surface area contributed by atoms with Crippen LogP contribution in [0.2, 0.25) is 0 Å². The number of nitrogens with one attached hydrogen (secondary N) is 6. The fourth-order valence-electron chi connectivity index (χ4n) is 14.8. The average molecular weight is 1970 g/mol. The van der Waals surface area contributed by atoms with E-state index in [2.05, 4.69) is 292 Å². The Balaban J connectivity index is 0.000000119. The normalized spacial score (nSPS) is 11.8. The van der Waals surface area contributed by atoms with Gasteiger partial charge in [0.1, 0.15) is 28.4 Å². The molecule has 32 heteroatoms. The zero-order valence-electron chi connectivity index (χ0n) is 74.9. The fourth-order valence-corrected chi connectivity index (χ4v) is 20.7. The van der Waals surface area contributed by atoms with E-state index in [4.69, 9.17) is 15.0 Å². The Hall–Kier alpha value is -14.5. The second-order valence-electron chi connectivity index (χ2n) is 32.6. The molecule has 2 fully saturated rings. The molecular formula is C106H102N22O2S8. The molecule has 0 bridgehead atoms. The number of aryl methyl sites for hydroxylation is 9. The summed E-state index contributed by atoms with van der Waals surface area (Å²) in [6.45, 7) is 18.4. The molecule has 0 aliphatic heterocycles. The molecule has 24 rings (SSSR count). The van der Waals surface area contributed by atoms with Gasteiger partial charge in [0, 0.05) is 120 Å². The van der Waals surface area contributed by atoms with Crippen LogP contribution in [0, 0.1) is 74.1 Å². The van der Waals surface area contributed by atoms with Crippen LogP contribution in [-0.2, 0) is 9.59 Å². The zero-order chi connectivity index (χ0) is 92.6. The summed E-state index contributed by atoms with van der Waals surface area (Å²) in [5.74, 6) is 1.31. The topological polar surface area (TPSA) is 279 Å². The molecular weight excluding hydrogens is 1870 g/mol. The Kier molecular flexibility index (Phi) is 30.6. The number of carbonyl (C=O) groups excluding carboxylic acids is 2. The number of pyridine rings is 2. The standard InChI is InChI=1S/C19H18N4S.C19H16N2OS.C17H15N5S.C17H14N2OS.C16H14N4S2.C15H13N5S2.3CH4/c1-12-4-6-15(7-5-12)21-19-22-16(11-24-19)18-14(3)20-17-10-13(2)8-9-23(17)18;22-18(16-10-11-16)21-19-20-17(12-23-19)15-8-6-14(7-9-15)13-4-2-1-3-5-13;1-11-4-6-13(7-5-11)20-17-21-14(10-23-17)15-12(2)19-16-18-8-3-9-22(15)16;20-16(12-6-7-12)19-17-18-15(10-21-17)14-8-5-11-3-1-2-4-13(11)9-14;1-10-3-5-12(6-4-10)18-15-19-13(9-22-15)14-11(2)17-16-20(14)7-8-21-16;1-9-3-4-11(7-16-9)18-14-19-12(8-22-14)13-10(2)17-15-20(13)5-6-21-15;;;/h4-11H,1-3H3,(H,21,22);1-9,12,16H,10-11H2,(H,20,21,22);3-10H,1-2H3,(H,20,21);1-5,8-10,12H,6-7H2,(H,18,19,20);3-9H,1-2H3,(H,18,19);3-8H,1-2H3,(H,18,19);3*1H4. The summed E-state index contributed by atoms with van der Waals surface area (Å²) in [5, 5.41) is 42.8. The summed E-state index contributed by atoms with van der Waals surface area (Å²) in [6, 6.07) is 68.2. The Morgan fingerprint density at radius 2 is 0.710 bits per heavy atom. The number of hydrogen-bond acceptors (Lipinski definition) is 26. The van der Waals surface area contributed by atoms with Crippen molar-refractivity contribution in [2.75, 3.05) is 31.9 Å². The quantitative estimate of drug-likeness (QED) is 0.0439. The van der Waals surface area contributed by atoms with Crippen molar-refractivity contribution >= 4 is 188 Å². The van der Waals surface area contributed by atoms with E-state index in [0.29, 0.717) is 16.0 Å². The van der Waals surface area contributed by atoms with Gasteiger partial charge in [0.15, 0.2) is 40.7 Å². The van der Waals surface area contributed by atoms with Crippen LogP contribution in [0.4, 0.5) is 53.5 Å². The van der Waals surface area contributed by atoms with E-state index in [1.54, 1.807) is 74.2 Å². The number of benzene rings is 7. The van der Waals surface area contributed by atoms with Crippen LogP contribution in [-0.4, -0.2) is 89.2 Å².